The second-order valence-corrected chi connectivity index (χ2v) is 7.79. The van der Waals surface area contributed by atoms with Crippen molar-refractivity contribution in [2.24, 2.45) is 0 Å². The highest BCUT2D eigenvalue weighted by molar-refractivity contribution is 5.74. The first kappa shape index (κ1) is 21.7. The number of carbonyl (C=O) groups is 1. The van der Waals surface area contributed by atoms with E-state index in [1.54, 1.807) is 6.92 Å². The Kier molecular flexibility index (Phi) is 6.90. The van der Waals surface area contributed by atoms with Crippen molar-refractivity contribution in [3.8, 4) is 22.8 Å². The summed E-state index contributed by atoms with van der Waals surface area (Å²) in [6.07, 6.45) is 2.73. The molecule has 6 heteroatoms. The van der Waals surface area contributed by atoms with Crippen LogP contribution in [0.25, 0.3) is 11.1 Å². The van der Waals surface area contributed by atoms with E-state index in [1.807, 2.05) is 49.5 Å². The van der Waals surface area contributed by atoms with Crippen LogP contribution in [0.4, 0.5) is 5.69 Å². The second-order valence-electron chi connectivity index (χ2n) is 7.79. The maximum Gasteiger partial charge on any atom is 0.344 e. The van der Waals surface area contributed by atoms with Crippen LogP contribution < -0.4 is 14.4 Å². The monoisotopic (exact) mass is 432 g/mol. The lowest BCUT2D eigenvalue weighted by Crippen LogP contribution is -2.25. The van der Waals surface area contributed by atoms with E-state index in [2.05, 4.69) is 34.1 Å². The normalized spacial score (nSPS) is 15.4. The molecule has 2 heterocycles. The highest BCUT2D eigenvalue weighted by atomic mass is 16.6. The van der Waals surface area contributed by atoms with Crippen molar-refractivity contribution in [3.63, 3.8) is 0 Å². The van der Waals surface area contributed by atoms with Crippen molar-refractivity contribution >= 4 is 11.7 Å². The van der Waals surface area contributed by atoms with Crippen molar-refractivity contribution < 1.29 is 19.0 Å². The molecular weight excluding hydrogens is 404 g/mol. The average Bonchev–Trinajstić information content (AvgIpc) is 3.28. The van der Waals surface area contributed by atoms with Crippen LogP contribution in [0.5, 0.6) is 11.6 Å². The topological polar surface area (TPSA) is 60.9 Å². The van der Waals surface area contributed by atoms with Crippen LogP contribution in [0.2, 0.25) is 0 Å². The predicted molar refractivity (Wildman–Crippen MR) is 124 cm³/mol. The Hall–Kier alpha value is -3.54. The third-order valence-electron chi connectivity index (χ3n) is 5.38. The Labute approximate surface area is 188 Å². The minimum absolute atomic E-state index is 0.0388. The molecule has 1 fully saturated rings. The zero-order valence-corrected chi connectivity index (χ0v) is 18.5. The molecular formula is C26H28N2O4. The molecule has 0 aliphatic carbocycles. The number of aromatic nitrogens is 1. The summed E-state index contributed by atoms with van der Waals surface area (Å²) in [5.41, 5.74) is 4.17. The Balaban J connectivity index is 1.52. The lowest BCUT2D eigenvalue weighted by Gasteiger charge is -2.23. The van der Waals surface area contributed by atoms with E-state index < -0.39 is 0 Å². The maximum atomic E-state index is 11.9. The summed E-state index contributed by atoms with van der Waals surface area (Å²) in [7, 11) is 0. The van der Waals surface area contributed by atoms with E-state index in [4.69, 9.17) is 14.2 Å². The number of esters is 1. The second kappa shape index (κ2) is 10.2. The van der Waals surface area contributed by atoms with Crippen molar-refractivity contribution in [2.75, 3.05) is 31.2 Å². The van der Waals surface area contributed by atoms with Gasteiger partial charge in [0.15, 0.2) is 6.61 Å². The molecule has 1 aliphatic heterocycles. The summed E-state index contributed by atoms with van der Waals surface area (Å²) in [5, 5.41) is 0. The number of aryl methyl sites for hydroxylation is 1. The number of pyridine rings is 1. The van der Waals surface area contributed by atoms with Crippen LogP contribution >= 0.6 is 0 Å². The van der Waals surface area contributed by atoms with E-state index in [1.165, 1.54) is 0 Å². The molecule has 0 bridgehead atoms. The van der Waals surface area contributed by atoms with Crippen LogP contribution in [0.15, 0.2) is 66.9 Å². The Bertz CT molecular complexity index is 1040. The fraction of sp³-hybridized carbons (Fsp3) is 0.308. The van der Waals surface area contributed by atoms with Gasteiger partial charge < -0.3 is 19.1 Å². The van der Waals surface area contributed by atoms with Crippen molar-refractivity contribution in [1.82, 2.24) is 4.98 Å². The van der Waals surface area contributed by atoms with E-state index in [0.29, 0.717) is 18.2 Å². The third-order valence-corrected chi connectivity index (χ3v) is 5.38. The summed E-state index contributed by atoms with van der Waals surface area (Å²) in [6, 6.07) is 20.1. The van der Waals surface area contributed by atoms with Gasteiger partial charge in [-0.2, -0.15) is 0 Å². The lowest BCUT2D eigenvalue weighted by atomic mass is 10.0. The van der Waals surface area contributed by atoms with Gasteiger partial charge >= 0.3 is 5.97 Å². The van der Waals surface area contributed by atoms with Gasteiger partial charge in [-0.3, -0.25) is 0 Å². The Morgan fingerprint density at radius 1 is 1.09 bits per heavy atom. The molecule has 0 radical (unpaired) electrons. The molecule has 166 valence electrons. The fourth-order valence-corrected chi connectivity index (χ4v) is 3.78. The van der Waals surface area contributed by atoms with E-state index >= 15 is 0 Å². The molecule has 0 amide bonds. The molecule has 1 saturated heterocycles. The van der Waals surface area contributed by atoms with Crippen LogP contribution in [0, 0.1) is 6.92 Å². The van der Waals surface area contributed by atoms with E-state index in [0.717, 1.165) is 41.9 Å². The number of hydrogen-bond acceptors (Lipinski definition) is 6. The lowest BCUT2D eigenvalue weighted by molar-refractivity contribution is -0.145. The molecule has 0 saturated carbocycles. The van der Waals surface area contributed by atoms with Gasteiger partial charge in [0.1, 0.15) is 11.9 Å². The van der Waals surface area contributed by atoms with Gasteiger partial charge in [-0.25, -0.2) is 9.78 Å². The van der Waals surface area contributed by atoms with Crippen LogP contribution in [-0.4, -0.2) is 43.4 Å². The first-order valence-electron chi connectivity index (χ1n) is 10.9. The largest absolute Gasteiger partial charge is 0.480 e. The quantitative estimate of drug-likeness (QED) is 0.483. The van der Waals surface area contributed by atoms with Crippen molar-refractivity contribution in [1.29, 1.82) is 0 Å². The summed E-state index contributed by atoms with van der Waals surface area (Å²) in [5.74, 6) is 0.922. The highest BCUT2D eigenvalue weighted by Crippen LogP contribution is 2.35. The molecule has 1 aliphatic rings. The molecule has 0 N–H and O–H groups in total. The fourth-order valence-electron chi connectivity index (χ4n) is 3.78. The first-order valence-corrected chi connectivity index (χ1v) is 10.9. The van der Waals surface area contributed by atoms with E-state index in [-0.39, 0.29) is 18.7 Å². The number of benzene rings is 2. The van der Waals surface area contributed by atoms with Gasteiger partial charge in [0.2, 0.25) is 5.88 Å². The van der Waals surface area contributed by atoms with Crippen LogP contribution in [0.1, 0.15) is 18.9 Å². The van der Waals surface area contributed by atoms with Gasteiger partial charge in [0.25, 0.3) is 0 Å². The van der Waals surface area contributed by atoms with Gasteiger partial charge in [-0.1, -0.05) is 42.5 Å². The minimum Gasteiger partial charge on any atom is -0.480 e. The van der Waals surface area contributed by atoms with Gasteiger partial charge in [0.05, 0.1) is 18.8 Å². The van der Waals surface area contributed by atoms with Crippen LogP contribution in [-0.2, 0) is 9.53 Å². The first-order chi connectivity index (χ1) is 15.6. The number of ether oxygens (including phenoxy) is 3. The number of anilines is 1. The maximum absolute atomic E-state index is 11.9. The van der Waals surface area contributed by atoms with E-state index in [9.17, 15) is 4.79 Å². The zero-order valence-electron chi connectivity index (χ0n) is 18.5. The summed E-state index contributed by atoms with van der Waals surface area (Å²) in [4.78, 5) is 18.5. The molecule has 1 unspecified atom stereocenters. The highest BCUT2D eigenvalue weighted by Gasteiger charge is 2.27. The predicted octanol–water partition coefficient (Wildman–Crippen LogP) is 4.66. The molecule has 4 rings (SSSR count). The van der Waals surface area contributed by atoms with Crippen molar-refractivity contribution in [3.05, 3.63) is 72.4 Å². The number of hydrogen-bond donors (Lipinski definition) is 0. The SMILES string of the molecule is CCOC(=O)COc1cc(-c2ccccc2)ccc1N1CCC(Oc2ccc(C)cn2)C1. The molecule has 32 heavy (non-hydrogen) atoms. The van der Waals surface area contributed by atoms with Crippen molar-refractivity contribution in [2.45, 2.75) is 26.4 Å². The number of carbonyl (C=O) groups excluding carboxylic acids is 1. The van der Waals surface area contributed by atoms with Gasteiger partial charge in [-0.05, 0) is 42.7 Å². The Morgan fingerprint density at radius 3 is 2.69 bits per heavy atom. The zero-order chi connectivity index (χ0) is 22.3. The third kappa shape index (κ3) is 5.38. The molecule has 1 aromatic heterocycles. The number of nitrogens with zero attached hydrogens (tertiary/aromatic N) is 2. The summed E-state index contributed by atoms with van der Waals surface area (Å²) in [6.45, 7) is 5.54. The molecule has 0 spiro atoms. The van der Waals surface area contributed by atoms with Crippen LogP contribution in [0.3, 0.4) is 0 Å². The Morgan fingerprint density at radius 2 is 1.94 bits per heavy atom. The minimum atomic E-state index is -0.378. The number of rotatable bonds is 8. The smallest absolute Gasteiger partial charge is 0.344 e. The molecule has 3 aromatic rings. The standard InChI is InChI=1S/C26H28N2O4/c1-3-30-26(29)18-31-24-15-21(20-7-5-4-6-8-20)10-11-23(24)28-14-13-22(17-28)32-25-12-9-19(2)16-27-25/h4-12,15-16,22H,3,13-14,17-18H2,1-2H3. The molecule has 6 nitrogen and oxygen atoms in total. The molecule has 1 atom stereocenters. The van der Waals surface area contributed by atoms with Gasteiger partial charge in [0, 0.05) is 25.2 Å². The van der Waals surface area contributed by atoms with Gasteiger partial charge in [-0.15, -0.1) is 0 Å². The average molecular weight is 433 g/mol. The summed E-state index contributed by atoms with van der Waals surface area (Å²) < 4.78 is 17.0. The molecule has 2 aromatic carbocycles. The summed E-state index contributed by atoms with van der Waals surface area (Å²) >= 11 is 0.